The van der Waals surface area contributed by atoms with Crippen LogP contribution in [-0.4, -0.2) is 13.2 Å². The van der Waals surface area contributed by atoms with Crippen LogP contribution in [0.3, 0.4) is 0 Å². The van der Waals surface area contributed by atoms with Gasteiger partial charge in [-0.25, -0.2) is 0 Å². The first kappa shape index (κ1) is 9.53. The molecule has 1 saturated carbocycles. The van der Waals surface area contributed by atoms with E-state index >= 15 is 0 Å². The van der Waals surface area contributed by atoms with Gasteiger partial charge >= 0.3 is 0 Å². The molecular formula is C12H17NO. The summed E-state index contributed by atoms with van der Waals surface area (Å²) in [6, 6.07) is 4.77. The number of ether oxygens (including phenoxy) is 1. The zero-order valence-electron chi connectivity index (χ0n) is 9.00. The lowest BCUT2D eigenvalue weighted by atomic mass is 10.0. The van der Waals surface area contributed by atoms with Crippen molar-refractivity contribution in [1.29, 1.82) is 0 Å². The van der Waals surface area contributed by atoms with E-state index in [1.54, 1.807) is 7.11 Å². The van der Waals surface area contributed by atoms with E-state index in [0.29, 0.717) is 12.0 Å². The summed E-state index contributed by atoms with van der Waals surface area (Å²) in [6.07, 6.45) is 1.13. The van der Waals surface area contributed by atoms with E-state index in [1.165, 1.54) is 16.7 Å². The molecule has 1 aromatic rings. The van der Waals surface area contributed by atoms with E-state index < -0.39 is 0 Å². The number of hydrogen-bond acceptors (Lipinski definition) is 2. The second-order valence-electron chi connectivity index (χ2n) is 4.19. The lowest BCUT2D eigenvalue weighted by Gasteiger charge is -2.10. The zero-order chi connectivity index (χ0) is 10.3. The fraction of sp³-hybridized carbons (Fsp3) is 0.500. The highest BCUT2D eigenvalue weighted by molar-refractivity contribution is 5.45. The summed E-state index contributed by atoms with van der Waals surface area (Å²) in [5.41, 5.74) is 9.63. The Balaban J connectivity index is 2.37. The summed E-state index contributed by atoms with van der Waals surface area (Å²) in [4.78, 5) is 0. The van der Waals surface area contributed by atoms with Crippen molar-refractivity contribution < 1.29 is 4.74 Å². The third-order valence-corrected chi connectivity index (χ3v) is 2.95. The van der Waals surface area contributed by atoms with Gasteiger partial charge in [-0.15, -0.1) is 0 Å². The van der Waals surface area contributed by atoms with Crippen molar-refractivity contribution in [2.75, 3.05) is 7.11 Å². The maximum absolute atomic E-state index is 5.84. The molecule has 2 nitrogen and oxygen atoms in total. The Morgan fingerprint density at radius 2 is 1.79 bits per heavy atom. The van der Waals surface area contributed by atoms with Gasteiger partial charge in [-0.2, -0.15) is 0 Å². The first-order valence-corrected chi connectivity index (χ1v) is 5.04. The molecule has 2 heteroatoms. The molecule has 2 N–H and O–H groups in total. The van der Waals surface area contributed by atoms with Gasteiger partial charge in [0.1, 0.15) is 5.75 Å². The summed E-state index contributed by atoms with van der Waals surface area (Å²) in [5, 5.41) is 0. The number of nitrogens with two attached hydrogens (primary N) is 1. The number of benzene rings is 1. The Labute approximate surface area is 85.1 Å². The molecule has 0 amide bonds. The molecule has 0 bridgehead atoms. The molecule has 0 heterocycles. The van der Waals surface area contributed by atoms with Crippen molar-refractivity contribution in [2.45, 2.75) is 32.2 Å². The Bertz CT molecular complexity index is 336. The average Bonchev–Trinajstić information content (AvgIpc) is 2.82. The van der Waals surface area contributed by atoms with Crippen LogP contribution in [0.4, 0.5) is 0 Å². The van der Waals surface area contributed by atoms with Crippen LogP contribution in [0.2, 0.25) is 0 Å². The van der Waals surface area contributed by atoms with E-state index in [2.05, 4.69) is 26.0 Å². The molecule has 1 aliphatic carbocycles. The summed E-state index contributed by atoms with van der Waals surface area (Å²) in [5.74, 6) is 1.58. The van der Waals surface area contributed by atoms with Gasteiger partial charge in [0.2, 0.25) is 0 Å². The fourth-order valence-electron chi connectivity index (χ4n) is 2.12. The molecule has 2 atom stereocenters. The van der Waals surface area contributed by atoms with Crippen molar-refractivity contribution in [1.82, 2.24) is 0 Å². The van der Waals surface area contributed by atoms with E-state index in [1.807, 2.05) is 0 Å². The highest BCUT2D eigenvalue weighted by atomic mass is 16.5. The standard InChI is InChI=1S/C12H17NO/c1-7-4-9(10-6-11(10)13)5-8(2)12(7)14-3/h4-5,10-11H,6,13H2,1-3H3. The van der Waals surface area contributed by atoms with Crippen LogP contribution < -0.4 is 10.5 Å². The van der Waals surface area contributed by atoms with Crippen LogP contribution in [0.15, 0.2) is 12.1 Å². The molecule has 0 radical (unpaired) electrons. The molecular weight excluding hydrogens is 174 g/mol. The topological polar surface area (TPSA) is 35.2 Å². The van der Waals surface area contributed by atoms with Gasteiger partial charge in [-0.1, -0.05) is 12.1 Å². The second kappa shape index (κ2) is 3.28. The van der Waals surface area contributed by atoms with Crippen molar-refractivity contribution in [3.63, 3.8) is 0 Å². The van der Waals surface area contributed by atoms with Gasteiger partial charge in [0.05, 0.1) is 7.11 Å². The number of aryl methyl sites for hydroxylation is 2. The summed E-state index contributed by atoms with van der Waals surface area (Å²) in [7, 11) is 1.72. The molecule has 14 heavy (non-hydrogen) atoms. The number of methoxy groups -OCH3 is 1. The maximum atomic E-state index is 5.84. The van der Waals surface area contributed by atoms with E-state index in [9.17, 15) is 0 Å². The Morgan fingerprint density at radius 3 is 2.14 bits per heavy atom. The van der Waals surface area contributed by atoms with Gasteiger partial charge in [-0.05, 0) is 37.0 Å². The van der Waals surface area contributed by atoms with Crippen LogP contribution in [0.5, 0.6) is 5.75 Å². The van der Waals surface area contributed by atoms with Gasteiger partial charge in [0, 0.05) is 12.0 Å². The van der Waals surface area contributed by atoms with Crippen molar-refractivity contribution >= 4 is 0 Å². The third kappa shape index (κ3) is 1.50. The maximum Gasteiger partial charge on any atom is 0.124 e. The summed E-state index contributed by atoms with van der Waals surface area (Å²) < 4.78 is 5.33. The lowest BCUT2D eigenvalue weighted by Crippen LogP contribution is -2.02. The highest BCUT2D eigenvalue weighted by Crippen LogP contribution is 2.41. The predicted octanol–water partition coefficient (Wildman–Crippen LogP) is 2.13. The molecule has 0 saturated heterocycles. The van der Waals surface area contributed by atoms with Crippen molar-refractivity contribution in [3.05, 3.63) is 28.8 Å². The van der Waals surface area contributed by atoms with E-state index in [4.69, 9.17) is 10.5 Å². The van der Waals surface area contributed by atoms with Gasteiger partial charge in [0.15, 0.2) is 0 Å². The van der Waals surface area contributed by atoms with Gasteiger partial charge < -0.3 is 10.5 Å². The zero-order valence-corrected chi connectivity index (χ0v) is 9.00. The first-order valence-electron chi connectivity index (χ1n) is 5.04. The SMILES string of the molecule is COc1c(C)cc(C2CC2N)cc1C. The minimum absolute atomic E-state index is 0.377. The first-order chi connectivity index (χ1) is 6.63. The molecule has 2 unspecified atom stereocenters. The van der Waals surface area contributed by atoms with Gasteiger partial charge in [0.25, 0.3) is 0 Å². The Kier molecular flexibility index (Phi) is 2.23. The van der Waals surface area contributed by atoms with Crippen LogP contribution in [0.25, 0.3) is 0 Å². The molecule has 0 spiro atoms. The fourth-order valence-corrected chi connectivity index (χ4v) is 2.12. The largest absolute Gasteiger partial charge is 0.496 e. The van der Waals surface area contributed by atoms with Crippen LogP contribution in [0.1, 0.15) is 29.0 Å². The molecule has 1 fully saturated rings. The smallest absolute Gasteiger partial charge is 0.124 e. The summed E-state index contributed by atoms with van der Waals surface area (Å²) in [6.45, 7) is 4.17. The molecule has 1 aliphatic rings. The molecule has 0 aliphatic heterocycles. The second-order valence-corrected chi connectivity index (χ2v) is 4.19. The average molecular weight is 191 g/mol. The van der Waals surface area contributed by atoms with E-state index in [-0.39, 0.29) is 0 Å². The normalized spacial score (nSPS) is 24.9. The quantitative estimate of drug-likeness (QED) is 0.777. The number of hydrogen-bond donors (Lipinski definition) is 1. The molecule has 1 aromatic carbocycles. The minimum Gasteiger partial charge on any atom is -0.496 e. The predicted molar refractivity (Wildman–Crippen MR) is 57.8 cm³/mol. The Morgan fingerprint density at radius 1 is 1.29 bits per heavy atom. The molecule has 0 aromatic heterocycles. The van der Waals surface area contributed by atoms with Crippen LogP contribution >= 0.6 is 0 Å². The molecule has 2 rings (SSSR count). The highest BCUT2D eigenvalue weighted by Gasteiger charge is 2.35. The monoisotopic (exact) mass is 191 g/mol. The Hall–Kier alpha value is -1.02. The number of rotatable bonds is 2. The van der Waals surface area contributed by atoms with Crippen LogP contribution in [-0.2, 0) is 0 Å². The van der Waals surface area contributed by atoms with Crippen molar-refractivity contribution in [2.24, 2.45) is 5.73 Å². The van der Waals surface area contributed by atoms with Gasteiger partial charge in [-0.3, -0.25) is 0 Å². The third-order valence-electron chi connectivity index (χ3n) is 2.95. The summed E-state index contributed by atoms with van der Waals surface area (Å²) >= 11 is 0. The van der Waals surface area contributed by atoms with Crippen molar-refractivity contribution in [3.8, 4) is 5.75 Å². The molecule has 76 valence electrons. The van der Waals surface area contributed by atoms with E-state index in [0.717, 1.165) is 12.2 Å². The lowest BCUT2D eigenvalue weighted by molar-refractivity contribution is 0.408. The minimum atomic E-state index is 0.377. The van der Waals surface area contributed by atoms with Crippen LogP contribution in [0, 0.1) is 13.8 Å².